The van der Waals surface area contributed by atoms with Gasteiger partial charge in [0.05, 0.1) is 6.54 Å². The molecule has 2 heterocycles. The number of carbonyl (C=O) groups is 2. The number of carbonyl (C=O) groups excluding carboxylic acids is 1. The van der Waals surface area contributed by atoms with Gasteiger partial charge in [-0.15, -0.1) is 0 Å². The zero-order valence-corrected chi connectivity index (χ0v) is 6.40. The zero-order valence-electron chi connectivity index (χ0n) is 6.40. The molecule has 2 bridgehead atoms. The van der Waals surface area contributed by atoms with Crippen LogP contribution in [0.25, 0.3) is 0 Å². The van der Waals surface area contributed by atoms with Crippen molar-refractivity contribution in [1.29, 1.82) is 0 Å². The number of carboxylic acids is 1. The highest BCUT2D eigenvalue weighted by Crippen LogP contribution is 2.26. The number of rotatable bonds is 1. The maximum Gasteiger partial charge on any atom is 0.410 e. The lowest BCUT2D eigenvalue weighted by Gasteiger charge is -2.25. The molecule has 1 N–H and O–H groups in total. The summed E-state index contributed by atoms with van der Waals surface area (Å²) in [4.78, 5) is 22.9. The Morgan fingerprint density at radius 2 is 2.33 bits per heavy atom. The Morgan fingerprint density at radius 1 is 1.58 bits per heavy atom. The van der Waals surface area contributed by atoms with E-state index in [1.54, 1.807) is 0 Å². The van der Waals surface area contributed by atoms with E-state index in [2.05, 4.69) is 0 Å². The summed E-state index contributed by atoms with van der Waals surface area (Å²) >= 11 is 0. The van der Waals surface area contributed by atoms with Crippen LogP contribution in [0.5, 0.6) is 0 Å². The predicted octanol–water partition coefficient (Wildman–Crippen LogP) is 0.0542. The maximum atomic E-state index is 11.0. The first-order valence-electron chi connectivity index (χ1n) is 3.88. The SMILES string of the molecule is O=C(O)C1CC[C@H]2CN1C(=O)O2. The van der Waals surface area contributed by atoms with Gasteiger partial charge >= 0.3 is 12.1 Å². The van der Waals surface area contributed by atoms with E-state index in [0.29, 0.717) is 19.4 Å². The number of carboxylic acid groups (broad SMARTS) is 1. The van der Waals surface area contributed by atoms with Crippen LogP contribution < -0.4 is 0 Å². The molecular weight excluding hydrogens is 162 g/mol. The van der Waals surface area contributed by atoms with Crippen LogP contribution in [-0.2, 0) is 9.53 Å². The molecule has 2 saturated heterocycles. The fourth-order valence-corrected chi connectivity index (χ4v) is 1.70. The number of hydrogen-bond acceptors (Lipinski definition) is 3. The van der Waals surface area contributed by atoms with Gasteiger partial charge in [-0.25, -0.2) is 9.59 Å². The Morgan fingerprint density at radius 3 is 3.00 bits per heavy atom. The van der Waals surface area contributed by atoms with E-state index in [-0.39, 0.29) is 6.10 Å². The molecule has 0 aromatic carbocycles. The second-order valence-corrected chi connectivity index (χ2v) is 3.09. The summed E-state index contributed by atoms with van der Waals surface area (Å²) in [5.74, 6) is -0.938. The molecule has 0 spiro atoms. The fraction of sp³-hybridized carbons (Fsp3) is 0.714. The molecule has 2 aliphatic heterocycles. The molecule has 1 unspecified atom stereocenters. The molecule has 5 heteroatoms. The van der Waals surface area contributed by atoms with Crippen molar-refractivity contribution < 1.29 is 19.4 Å². The number of hydrogen-bond donors (Lipinski definition) is 1. The second kappa shape index (κ2) is 2.36. The molecule has 2 aliphatic rings. The third-order valence-corrected chi connectivity index (χ3v) is 2.33. The van der Waals surface area contributed by atoms with Crippen LogP contribution >= 0.6 is 0 Å². The molecule has 12 heavy (non-hydrogen) atoms. The molecule has 66 valence electrons. The first kappa shape index (κ1) is 7.39. The Hall–Kier alpha value is -1.26. The molecule has 0 aliphatic carbocycles. The summed E-state index contributed by atoms with van der Waals surface area (Å²) in [7, 11) is 0. The summed E-state index contributed by atoms with van der Waals surface area (Å²) in [5, 5.41) is 8.73. The van der Waals surface area contributed by atoms with Crippen LogP contribution in [0.1, 0.15) is 12.8 Å². The van der Waals surface area contributed by atoms with Gasteiger partial charge in [-0.05, 0) is 12.8 Å². The Kier molecular flexibility index (Phi) is 1.46. The van der Waals surface area contributed by atoms with Crippen LogP contribution in [0.3, 0.4) is 0 Å². The number of fused-ring (bicyclic) bond motifs is 2. The van der Waals surface area contributed by atoms with Gasteiger partial charge in [0.25, 0.3) is 0 Å². The van der Waals surface area contributed by atoms with E-state index in [4.69, 9.17) is 9.84 Å². The maximum absolute atomic E-state index is 11.0. The number of nitrogens with zero attached hydrogens (tertiary/aromatic N) is 1. The smallest absolute Gasteiger partial charge is 0.410 e. The van der Waals surface area contributed by atoms with Crippen molar-refractivity contribution in [2.75, 3.05) is 6.54 Å². The predicted molar refractivity (Wildman–Crippen MR) is 37.6 cm³/mol. The average Bonchev–Trinajstić information content (AvgIpc) is 2.28. The molecular formula is C7H9NO4. The fourth-order valence-electron chi connectivity index (χ4n) is 1.70. The van der Waals surface area contributed by atoms with E-state index in [1.807, 2.05) is 0 Å². The van der Waals surface area contributed by atoms with Crippen molar-refractivity contribution in [3.8, 4) is 0 Å². The molecule has 0 aromatic heterocycles. The van der Waals surface area contributed by atoms with Gasteiger partial charge in [-0.1, -0.05) is 0 Å². The molecule has 0 radical (unpaired) electrons. The quantitative estimate of drug-likeness (QED) is 0.605. The number of aliphatic carboxylic acids is 1. The van der Waals surface area contributed by atoms with Gasteiger partial charge < -0.3 is 9.84 Å². The minimum Gasteiger partial charge on any atom is -0.480 e. The molecule has 2 fully saturated rings. The largest absolute Gasteiger partial charge is 0.480 e. The van der Waals surface area contributed by atoms with Gasteiger partial charge in [-0.3, -0.25) is 4.90 Å². The van der Waals surface area contributed by atoms with Gasteiger partial charge in [-0.2, -0.15) is 0 Å². The summed E-state index contributed by atoms with van der Waals surface area (Å²) < 4.78 is 4.89. The van der Waals surface area contributed by atoms with Crippen LogP contribution in [0.2, 0.25) is 0 Å². The third-order valence-electron chi connectivity index (χ3n) is 2.33. The normalized spacial score (nSPS) is 33.3. The minimum absolute atomic E-state index is 0.0758. The van der Waals surface area contributed by atoms with Crippen LogP contribution in [-0.4, -0.2) is 40.8 Å². The minimum atomic E-state index is -0.938. The van der Waals surface area contributed by atoms with E-state index in [1.165, 1.54) is 4.90 Å². The first-order valence-corrected chi connectivity index (χ1v) is 3.88. The van der Waals surface area contributed by atoms with E-state index >= 15 is 0 Å². The van der Waals surface area contributed by atoms with Gasteiger partial charge in [0.15, 0.2) is 0 Å². The molecule has 1 amide bonds. The van der Waals surface area contributed by atoms with Crippen molar-refractivity contribution >= 4 is 12.1 Å². The summed E-state index contributed by atoms with van der Waals surface area (Å²) in [6, 6.07) is -0.670. The summed E-state index contributed by atoms with van der Waals surface area (Å²) in [6.45, 7) is 0.440. The highest BCUT2D eigenvalue weighted by molar-refractivity contribution is 5.81. The van der Waals surface area contributed by atoms with E-state index in [0.717, 1.165) is 0 Å². The highest BCUT2D eigenvalue weighted by atomic mass is 16.6. The van der Waals surface area contributed by atoms with Gasteiger partial charge in [0.1, 0.15) is 12.1 Å². The summed E-state index contributed by atoms with van der Waals surface area (Å²) in [5.41, 5.74) is 0. The highest BCUT2D eigenvalue weighted by Gasteiger charge is 2.43. The topological polar surface area (TPSA) is 66.8 Å². The Bertz CT molecular complexity index is 240. The molecule has 0 aromatic rings. The number of amides is 1. The van der Waals surface area contributed by atoms with Gasteiger partial charge in [0, 0.05) is 0 Å². The third kappa shape index (κ3) is 0.929. The first-order chi connectivity index (χ1) is 5.68. The monoisotopic (exact) mass is 171 g/mol. The molecule has 2 atom stereocenters. The lowest BCUT2D eigenvalue weighted by atomic mass is 10.0. The van der Waals surface area contributed by atoms with Crippen LogP contribution in [0.15, 0.2) is 0 Å². The molecule has 0 saturated carbocycles. The Labute approximate surface area is 68.9 Å². The van der Waals surface area contributed by atoms with Crippen molar-refractivity contribution in [3.63, 3.8) is 0 Å². The van der Waals surface area contributed by atoms with Crippen molar-refractivity contribution in [1.82, 2.24) is 4.90 Å². The lowest BCUT2D eigenvalue weighted by Crippen LogP contribution is -2.44. The van der Waals surface area contributed by atoms with E-state index in [9.17, 15) is 9.59 Å². The standard InChI is InChI=1S/C7H9NO4/c9-6(10)5-2-1-4-3-8(5)7(11)12-4/h4-5H,1-3H2,(H,9,10)/t4-,5?/m0/s1. The van der Waals surface area contributed by atoms with Crippen LogP contribution in [0, 0.1) is 0 Å². The van der Waals surface area contributed by atoms with Gasteiger partial charge in [0.2, 0.25) is 0 Å². The van der Waals surface area contributed by atoms with E-state index < -0.39 is 18.1 Å². The number of ether oxygens (including phenoxy) is 1. The zero-order chi connectivity index (χ0) is 8.72. The summed E-state index contributed by atoms with van der Waals surface area (Å²) in [6.07, 6.45) is 0.614. The number of piperidine rings is 1. The van der Waals surface area contributed by atoms with Crippen molar-refractivity contribution in [2.24, 2.45) is 0 Å². The Balaban J connectivity index is 2.18. The second-order valence-electron chi connectivity index (χ2n) is 3.09. The average molecular weight is 171 g/mol. The van der Waals surface area contributed by atoms with Crippen LogP contribution in [0.4, 0.5) is 4.79 Å². The van der Waals surface area contributed by atoms with Crippen molar-refractivity contribution in [3.05, 3.63) is 0 Å². The lowest BCUT2D eigenvalue weighted by molar-refractivity contribution is -0.142. The molecule has 2 rings (SSSR count). The molecule has 5 nitrogen and oxygen atoms in total. The van der Waals surface area contributed by atoms with Crippen molar-refractivity contribution in [2.45, 2.75) is 25.0 Å².